The van der Waals surface area contributed by atoms with Crippen LogP contribution in [0.25, 0.3) is 6.08 Å². The molecule has 0 spiro atoms. The maximum atomic E-state index is 12.3. The number of amides is 1. The summed E-state index contributed by atoms with van der Waals surface area (Å²) in [6.07, 6.45) is 4.27. The van der Waals surface area contributed by atoms with E-state index in [1.54, 1.807) is 19.3 Å². The van der Waals surface area contributed by atoms with Gasteiger partial charge >= 0.3 is 0 Å². The molecule has 4 rings (SSSR count). The number of benzene rings is 1. The summed E-state index contributed by atoms with van der Waals surface area (Å²) in [6, 6.07) is 12.9. The lowest BCUT2D eigenvalue weighted by Gasteiger charge is -2.43. The normalized spacial score (nSPS) is 20.2. The van der Waals surface area contributed by atoms with Crippen LogP contribution < -0.4 is 15.6 Å². The molecule has 1 N–H and O–H groups in total. The number of carbonyl (C=O) groups is 1. The maximum Gasteiger partial charge on any atom is 0.250 e. The molecule has 2 atom stereocenters. The fourth-order valence-electron chi connectivity index (χ4n) is 4.18. The Morgan fingerprint density at radius 1 is 1.17 bits per heavy atom. The van der Waals surface area contributed by atoms with E-state index >= 15 is 0 Å². The highest BCUT2D eigenvalue weighted by molar-refractivity contribution is 7.80. The zero-order chi connectivity index (χ0) is 20.4. The number of pyridine rings is 1. The Bertz CT molecular complexity index is 1010. The molecule has 29 heavy (non-hydrogen) atoms. The van der Waals surface area contributed by atoms with E-state index in [-0.39, 0.29) is 17.4 Å². The predicted molar refractivity (Wildman–Crippen MR) is 116 cm³/mol. The van der Waals surface area contributed by atoms with Gasteiger partial charge in [-0.05, 0) is 54.4 Å². The second-order valence-corrected chi connectivity index (χ2v) is 7.89. The van der Waals surface area contributed by atoms with Crippen molar-refractivity contribution in [3.05, 3.63) is 70.2 Å². The van der Waals surface area contributed by atoms with E-state index in [4.69, 9.17) is 17.0 Å². The first-order chi connectivity index (χ1) is 14.0. The van der Waals surface area contributed by atoms with Crippen LogP contribution in [0.4, 0.5) is 0 Å². The van der Waals surface area contributed by atoms with Crippen LogP contribution in [-0.4, -0.2) is 40.7 Å². The van der Waals surface area contributed by atoms with E-state index in [0.717, 1.165) is 30.0 Å². The van der Waals surface area contributed by atoms with Crippen LogP contribution in [0.15, 0.2) is 53.3 Å². The molecule has 1 aromatic carbocycles. The molecular weight excluding hydrogens is 386 g/mol. The van der Waals surface area contributed by atoms with Gasteiger partial charge in [-0.2, -0.15) is 0 Å². The summed E-state index contributed by atoms with van der Waals surface area (Å²) in [5.74, 6) is 1.12. The zero-order valence-electron chi connectivity index (χ0n) is 16.2. The van der Waals surface area contributed by atoms with Gasteiger partial charge in [0.1, 0.15) is 5.75 Å². The summed E-state index contributed by atoms with van der Waals surface area (Å²) in [4.78, 5) is 26.5. The molecule has 2 bridgehead atoms. The van der Waals surface area contributed by atoms with Crippen molar-refractivity contribution in [2.75, 3.05) is 20.2 Å². The van der Waals surface area contributed by atoms with Crippen molar-refractivity contribution in [3.8, 4) is 5.75 Å². The van der Waals surface area contributed by atoms with Gasteiger partial charge in [-0.25, -0.2) is 0 Å². The second-order valence-electron chi connectivity index (χ2n) is 7.50. The lowest BCUT2D eigenvalue weighted by molar-refractivity contribution is -0.115. The molecule has 150 valence electrons. The molecule has 6 nitrogen and oxygen atoms in total. The Balaban J connectivity index is 1.38. The van der Waals surface area contributed by atoms with Crippen molar-refractivity contribution in [1.29, 1.82) is 0 Å². The van der Waals surface area contributed by atoms with E-state index in [1.165, 1.54) is 6.08 Å². The highest BCUT2D eigenvalue weighted by Crippen LogP contribution is 2.34. The summed E-state index contributed by atoms with van der Waals surface area (Å²) in [7, 11) is 1.62. The molecule has 2 aliphatic heterocycles. The molecule has 0 aliphatic carbocycles. The fourth-order valence-corrected chi connectivity index (χ4v) is 4.43. The average Bonchev–Trinajstić information content (AvgIpc) is 2.73. The minimum Gasteiger partial charge on any atom is -0.497 e. The SMILES string of the molecule is COc1ccc(/C=C/C(=O)NC(=S)N2CC3C[C@@H](C2)Cn2c3cccc2=O)cc1. The first-order valence-corrected chi connectivity index (χ1v) is 10.1. The van der Waals surface area contributed by atoms with Crippen LogP contribution in [0.1, 0.15) is 23.6 Å². The number of piperidine rings is 1. The number of carbonyl (C=O) groups excluding carboxylic acids is 1. The van der Waals surface area contributed by atoms with Crippen LogP contribution in [0.5, 0.6) is 5.75 Å². The van der Waals surface area contributed by atoms with Gasteiger partial charge in [0.25, 0.3) is 5.56 Å². The highest BCUT2D eigenvalue weighted by atomic mass is 32.1. The number of aromatic nitrogens is 1. The quantitative estimate of drug-likeness (QED) is 0.623. The van der Waals surface area contributed by atoms with E-state index < -0.39 is 0 Å². The molecular formula is C22H23N3O3S. The van der Waals surface area contributed by atoms with Gasteiger partial charge < -0.3 is 14.2 Å². The number of nitrogens with zero attached hydrogens (tertiary/aromatic N) is 2. The lowest BCUT2D eigenvalue weighted by atomic mass is 9.83. The molecule has 1 unspecified atom stereocenters. The average molecular weight is 410 g/mol. The van der Waals surface area contributed by atoms with E-state index in [1.807, 2.05) is 45.9 Å². The van der Waals surface area contributed by atoms with E-state index in [2.05, 4.69) is 5.32 Å². The smallest absolute Gasteiger partial charge is 0.250 e. The summed E-state index contributed by atoms with van der Waals surface area (Å²) >= 11 is 5.49. The standard InChI is InChI=1S/C22H23N3O3S/c1-28-18-8-5-15(6-9-18)7-10-20(26)23-22(29)24-12-16-11-17(14-24)19-3-2-4-21(27)25(19)13-16/h2-10,16-17H,11-14H2,1H3,(H,23,26,29)/b10-7+/t16-,17?/m0/s1. The predicted octanol–water partition coefficient (Wildman–Crippen LogP) is 2.39. The number of hydrogen-bond donors (Lipinski definition) is 1. The van der Waals surface area contributed by atoms with E-state index in [0.29, 0.717) is 24.1 Å². The molecule has 0 radical (unpaired) electrons. The van der Waals surface area contributed by atoms with Gasteiger partial charge in [-0.3, -0.25) is 14.9 Å². The van der Waals surface area contributed by atoms with Crippen LogP contribution in [0, 0.1) is 5.92 Å². The number of methoxy groups -OCH3 is 1. The van der Waals surface area contributed by atoms with Gasteiger partial charge in [0, 0.05) is 43.4 Å². The van der Waals surface area contributed by atoms with Crippen LogP contribution >= 0.6 is 12.2 Å². The first-order valence-electron chi connectivity index (χ1n) is 9.65. The molecule has 1 saturated heterocycles. The lowest BCUT2D eigenvalue weighted by Crippen LogP contribution is -2.52. The third-order valence-corrected chi connectivity index (χ3v) is 5.90. The second kappa shape index (κ2) is 8.21. The number of fused-ring (bicyclic) bond motifs is 4. The van der Waals surface area contributed by atoms with Gasteiger partial charge in [-0.15, -0.1) is 0 Å². The Morgan fingerprint density at radius 3 is 2.72 bits per heavy atom. The Labute approximate surface area is 174 Å². The largest absolute Gasteiger partial charge is 0.497 e. The van der Waals surface area contributed by atoms with Crippen LogP contribution in [0.3, 0.4) is 0 Å². The minimum atomic E-state index is -0.252. The van der Waals surface area contributed by atoms with Gasteiger partial charge in [0.2, 0.25) is 5.91 Å². The molecule has 1 fully saturated rings. The molecule has 1 amide bonds. The fraction of sp³-hybridized carbons (Fsp3) is 0.318. The molecule has 7 heteroatoms. The summed E-state index contributed by atoms with van der Waals surface area (Å²) in [5, 5.41) is 3.25. The Morgan fingerprint density at radius 2 is 1.97 bits per heavy atom. The zero-order valence-corrected chi connectivity index (χ0v) is 17.0. The minimum absolute atomic E-state index is 0.0604. The van der Waals surface area contributed by atoms with Crippen molar-refractivity contribution < 1.29 is 9.53 Å². The van der Waals surface area contributed by atoms with E-state index in [9.17, 15) is 9.59 Å². The molecule has 2 aliphatic rings. The Hall–Kier alpha value is -2.93. The number of likely N-dealkylation sites (tertiary alicyclic amines) is 1. The summed E-state index contributed by atoms with van der Waals surface area (Å²) in [6.45, 7) is 2.16. The molecule has 3 heterocycles. The summed E-state index contributed by atoms with van der Waals surface area (Å²) in [5.41, 5.74) is 2.03. The molecule has 2 aromatic rings. The highest BCUT2D eigenvalue weighted by Gasteiger charge is 2.35. The topological polar surface area (TPSA) is 63.6 Å². The van der Waals surface area contributed by atoms with Crippen molar-refractivity contribution in [3.63, 3.8) is 0 Å². The van der Waals surface area contributed by atoms with Crippen molar-refractivity contribution in [2.45, 2.75) is 18.9 Å². The third-order valence-electron chi connectivity index (χ3n) is 5.54. The number of hydrogen-bond acceptors (Lipinski definition) is 4. The number of ether oxygens (including phenoxy) is 1. The maximum absolute atomic E-state index is 12.3. The number of nitrogens with one attached hydrogen (secondary N) is 1. The van der Waals surface area contributed by atoms with Crippen molar-refractivity contribution in [1.82, 2.24) is 14.8 Å². The van der Waals surface area contributed by atoms with Crippen LogP contribution in [0.2, 0.25) is 0 Å². The van der Waals surface area contributed by atoms with Crippen molar-refractivity contribution >= 4 is 29.3 Å². The first kappa shape index (κ1) is 19.4. The Kier molecular flexibility index (Phi) is 5.49. The monoisotopic (exact) mass is 409 g/mol. The number of thiocarbonyl (C=S) groups is 1. The van der Waals surface area contributed by atoms with Gasteiger partial charge in [0.05, 0.1) is 7.11 Å². The molecule has 1 aromatic heterocycles. The third kappa shape index (κ3) is 4.24. The van der Waals surface area contributed by atoms with Crippen molar-refractivity contribution in [2.24, 2.45) is 5.92 Å². The van der Waals surface area contributed by atoms with Gasteiger partial charge in [0.15, 0.2) is 5.11 Å². The van der Waals surface area contributed by atoms with Gasteiger partial charge in [-0.1, -0.05) is 18.2 Å². The molecule has 0 saturated carbocycles. The summed E-state index contributed by atoms with van der Waals surface area (Å²) < 4.78 is 7.01. The number of rotatable bonds is 3. The van der Waals surface area contributed by atoms with Crippen LogP contribution in [-0.2, 0) is 11.3 Å².